The van der Waals surface area contributed by atoms with E-state index in [1.807, 2.05) is 12.1 Å². The fraction of sp³-hybridized carbons (Fsp3) is 0.250. The molecule has 3 nitrogen and oxygen atoms in total. The molecule has 0 spiro atoms. The Morgan fingerprint density at radius 2 is 2.00 bits per heavy atom. The largest absolute Gasteiger partial charge is 0.486 e. The van der Waals surface area contributed by atoms with E-state index in [0.29, 0.717) is 24.6 Å². The van der Waals surface area contributed by atoms with Gasteiger partial charge in [-0.1, -0.05) is 55.1 Å². The fourth-order valence-corrected chi connectivity index (χ4v) is 3.02. The summed E-state index contributed by atoms with van der Waals surface area (Å²) >= 11 is 0. The topological polar surface area (TPSA) is 35.0 Å². The first-order valence-corrected chi connectivity index (χ1v) is 9.57. The van der Waals surface area contributed by atoms with Crippen molar-refractivity contribution in [2.75, 3.05) is 6.61 Å². The highest BCUT2D eigenvalue weighted by Crippen LogP contribution is 2.28. The van der Waals surface area contributed by atoms with Crippen LogP contribution >= 0.6 is 0 Å². The van der Waals surface area contributed by atoms with Crippen LogP contribution in [0.25, 0.3) is 28.2 Å². The van der Waals surface area contributed by atoms with E-state index in [1.54, 1.807) is 25.4 Å². The van der Waals surface area contributed by atoms with Crippen LogP contribution in [0.5, 0.6) is 5.75 Å². The number of hydrogen-bond acceptors (Lipinski definition) is 3. The summed E-state index contributed by atoms with van der Waals surface area (Å²) in [6, 6.07) is 12.5. The van der Waals surface area contributed by atoms with Crippen molar-refractivity contribution < 1.29 is 9.13 Å². The van der Waals surface area contributed by atoms with E-state index in [2.05, 4.69) is 53.0 Å². The number of allylic oxidation sites excluding steroid dienone is 1. The molecule has 0 saturated heterocycles. The Morgan fingerprint density at radius 3 is 2.75 bits per heavy atom. The summed E-state index contributed by atoms with van der Waals surface area (Å²) in [5.74, 6) is 1.29. The van der Waals surface area contributed by atoms with E-state index in [1.165, 1.54) is 0 Å². The third kappa shape index (κ3) is 5.26. The lowest BCUT2D eigenvalue weighted by atomic mass is 10.0. The lowest BCUT2D eigenvalue weighted by Gasteiger charge is -2.08. The Labute approximate surface area is 165 Å². The van der Waals surface area contributed by atoms with Gasteiger partial charge in [0.15, 0.2) is 11.6 Å². The van der Waals surface area contributed by atoms with Gasteiger partial charge in [0.25, 0.3) is 0 Å². The smallest absolute Gasteiger partial charge is 0.159 e. The third-order valence-corrected chi connectivity index (χ3v) is 4.42. The van der Waals surface area contributed by atoms with E-state index in [-0.39, 0.29) is 0 Å². The average molecular weight is 376 g/mol. The summed E-state index contributed by atoms with van der Waals surface area (Å²) in [4.78, 5) is 8.89. The molecule has 2 aromatic carbocycles. The normalized spacial score (nSPS) is 12.4. The third-order valence-electron chi connectivity index (χ3n) is 4.42. The Balaban J connectivity index is 1.78. The zero-order valence-corrected chi connectivity index (χ0v) is 16.1. The second kappa shape index (κ2) is 9.79. The molecule has 0 aliphatic carbocycles. The summed E-state index contributed by atoms with van der Waals surface area (Å²) in [7, 11) is 0. The zero-order valence-electron chi connectivity index (χ0n) is 16.1. The summed E-state index contributed by atoms with van der Waals surface area (Å²) < 4.78 is 18.3. The lowest BCUT2D eigenvalue weighted by molar-refractivity contribution is 0.335. The minimum absolute atomic E-state index is 0.431. The van der Waals surface area contributed by atoms with Crippen LogP contribution in [0.15, 0.2) is 67.5 Å². The van der Waals surface area contributed by atoms with Gasteiger partial charge in [0.2, 0.25) is 0 Å². The molecule has 0 amide bonds. The van der Waals surface area contributed by atoms with E-state index < -0.39 is 6.17 Å². The molecule has 1 atom stereocenters. The number of benzene rings is 2. The van der Waals surface area contributed by atoms with Gasteiger partial charge in [-0.25, -0.2) is 14.4 Å². The molecule has 0 aliphatic heterocycles. The van der Waals surface area contributed by atoms with Gasteiger partial charge < -0.3 is 4.74 Å². The van der Waals surface area contributed by atoms with E-state index in [4.69, 9.17) is 4.74 Å². The molecule has 1 aromatic heterocycles. The highest BCUT2D eigenvalue weighted by molar-refractivity contribution is 5.96. The van der Waals surface area contributed by atoms with Crippen molar-refractivity contribution in [3.8, 4) is 17.1 Å². The van der Waals surface area contributed by atoms with Gasteiger partial charge >= 0.3 is 0 Å². The van der Waals surface area contributed by atoms with Crippen LogP contribution < -0.4 is 4.74 Å². The number of ether oxygens (including phenoxy) is 1. The maximum atomic E-state index is 12.8. The first-order chi connectivity index (χ1) is 13.7. The van der Waals surface area contributed by atoms with Gasteiger partial charge in [0.05, 0.1) is 18.6 Å². The number of hydrogen-bond donors (Lipinski definition) is 0. The van der Waals surface area contributed by atoms with Gasteiger partial charge in [0.1, 0.15) is 6.61 Å². The van der Waals surface area contributed by atoms with Crippen LogP contribution in [0, 0.1) is 0 Å². The molecule has 0 bridgehead atoms. The van der Waals surface area contributed by atoms with E-state index in [0.717, 1.165) is 34.7 Å². The number of fused-ring (bicyclic) bond motifs is 1. The molecule has 0 radical (unpaired) electrons. The summed E-state index contributed by atoms with van der Waals surface area (Å²) in [5, 5.41) is 2.23. The predicted octanol–water partition coefficient (Wildman–Crippen LogP) is 6.40. The van der Waals surface area contributed by atoms with Gasteiger partial charge in [-0.2, -0.15) is 0 Å². The van der Waals surface area contributed by atoms with Crippen molar-refractivity contribution in [3.05, 3.63) is 73.1 Å². The van der Waals surface area contributed by atoms with Crippen LogP contribution in [0.3, 0.4) is 0 Å². The molecule has 3 aromatic rings. The molecule has 144 valence electrons. The van der Waals surface area contributed by atoms with Crippen molar-refractivity contribution in [2.24, 2.45) is 0 Å². The second-order valence-electron chi connectivity index (χ2n) is 6.74. The van der Waals surface area contributed by atoms with Crippen LogP contribution in [0.2, 0.25) is 0 Å². The SMILES string of the molecule is C=CCOc1cnc(-c2cccc3cc(/C=C/CCCC(C)F)ccc23)nc1. The quantitative estimate of drug-likeness (QED) is 0.320. The average Bonchev–Trinajstić information content (AvgIpc) is 2.71. The highest BCUT2D eigenvalue weighted by atomic mass is 19.1. The van der Waals surface area contributed by atoms with Crippen LogP contribution in [0.4, 0.5) is 4.39 Å². The molecular formula is C24H25FN2O. The Morgan fingerprint density at radius 1 is 1.18 bits per heavy atom. The first-order valence-electron chi connectivity index (χ1n) is 9.57. The summed E-state index contributed by atoms with van der Waals surface area (Å²) in [6.45, 7) is 5.67. The molecule has 1 unspecified atom stereocenters. The van der Waals surface area contributed by atoms with Crippen LogP contribution in [0.1, 0.15) is 31.7 Å². The second-order valence-corrected chi connectivity index (χ2v) is 6.74. The predicted molar refractivity (Wildman–Crippen MR) is 114 cm³/mol. The maximum Gasteiger partial charge on any atom is 0.159 e. The number of unbranched alkanes of at least 4 members (excludes halogenated alkanes) is 1. The molecule has 3 rings (SSSR count). The molecular weight excluding hydrogens is 351 g/mol. The van der Waals surface area contributed by atoms with Crippen molar-refractivity contribution in [1.29, 1.82) is 0 Å². The Hall–Kier alpha value is -3.01. The Bertz CT molecular complexity index is 948. The fourth-order valence-electron chi connectivity index (χ4n) is 3.02. The first kappa shape index (κ1) is 19.7. The standard InChI is InChI=1S/C24H25FN2O/c1-3-14-28-21-16-26-24(27-17-21)23-11-7-10-20-15-19(12-13-22(20)23)9-6-4-5-8-18(2)25/h3,6-7,9-13,15-18H,1,4-5,8,14H2,2H3/b9-6+. The van der Waals surface area contributed by atoms with Crippen molar-refractivity contribution in [2.45, 2.75) is 32.4 Å². The van der Waals surface area contributed by atoms with E-state index in [9.17, 15) is 4.39 Å². The zero-order chi connectivity index (χ0) is 19.8. The van der Waals surface area contributed by atoms with Gasteiger partial charge in [-0.05, 0) is 48.6 Å². The van der Waals surface area contributed by atoms with Crippen LogP contribution in [-0.2, 0) is 0 Å². The molecule has 1 heterocycles. The van der Waals surface area contributed by atoms with Gasteiger partial charge in [-0.15, -0.1) is 0 Å². The van der Waals surface area contributed by atoms with Crippen LogP contribution in [-0.4, -0.2) is 22.7 Å². The Kier molecular flexibility index (Phi) is 6.90. The molecule has 0 aliphatic rings. The summed E-state index contributed by atoms with van der Waals surface area (Å²) in [5.41, 5.74) is 2.12. The van der Waals surface area contributed by atoms with E-state index >= 15 is 0 Å². The minimum atomic E-state index is -0.725. The highest BCUT2D eigenvalue weighted by Gasteiger charge is 2.07. The summed E-state index contributed by atoms with van der Waals surface area (Å²) in [6.07, 6.45) is 10.9. The van der Waals surface area contributed by atoms with Gasteiger partial charge in [-0.3, -0.25) is 0 Å². The molecule has 28 heavy (non-hydrogen) atoms. The number of rotatable bonds is 9. The minimum Gasteiger partial charge on any atom is -0.486 e. The number of nitrogens with zero attached hydrogens (tertiary/aromatic N) is 2. The van der Waals surface area contributed by atoms with Crippen molar-refractivity contribution in [3.63, 3.8) is 0 Å². The van der Waals surface area contributed by atoms with Crippen molar-refractivity contribution >= 4 is 16.8 Å². The molecule has 0 N–H and O–H groups in total. The maximum absolute atomic E-state index is 12.8. The van der Waals surface area contributed by atoms with Crippen molar-refractivity contribution in [1.82, 2.24) is 9.97 Å². The lowest BCUT2D eigenvalue weighted by Crippen LogP contribution is -1.96. The number of alkyl halides is 1. The molecule has 0 fully saturated rings. The monoisotopic (exact) mass is 376 g/mol. The molecule has 4 heteroatoms. The number of halogens is 1. The molecule has 0 saturated carbocycles. The van der Waals surface area contributed by atoms with Gasteiger partial charge in [0, 0.05) is 5.56 Å². The number of aromatic nitrogens is 2.